The number of nitrogens with zero attached hydrogens (tertiary/aromatic N) is 1. The van der Waals surface area contributed by atoms with Gasteiger partial charge in [0.1, 0.15) is 11.3 Å². The molecule has 1 aromatic rings. The van der Waals surface area contributed by atoms with Crippen LogP contribution in [0.4, 0.5) is 4.79 Å². The highest BCUT2D eigenvalue weighted by atomic mass is 16.6. The molecule has 26 heavy (non-hydrogen) atoms. The molecule has 1 atom stereocenters. The van der Waals surface area contributed by atoms with E-state index < -0.39 is 11.3 Å². The van der Waals surface area contributed by atoms with Crippen molar-refractivity contribution in [1.82, 2.24) is 4.90 Å². The Labute approximate surface area is 156 Å². The van der Waals surface area contributed by atoms with Crippen LogP contribution >= 0.6 is 0 Å². The fourth-order valence-electron chi connectivity index (χ4n) is 2.90. The van der Waals surface area contributed by atoms with Crippen molar-refractivity contribution >= 4 is 6.09 Å². The monoisotopic (exact) mass is 361 g/mol. The molecule has 0 radical (unpaired) electrons. The fraction of sp³-hybridized carbons (Fsp3) is 0.571. The SMILES string of the molecule is CC(=C[C@H]1COC(C)(C)N1C(=O)OC(C)(C)C)COCc1ccccc1. The highest BCUT2D eigenvalue weighted by Crippen LogP contribution is 2.30. The van der Waals surface area contributed by atoms with E-state index in [-0.39, 0.29) is 12.1 Å². The normalized spacial score (nSPS) is 20.3. The number of carbonyl (C=O) groups is 1. The molecule has 1 fully saturated rings. The first-order valence-electron chi connectivity index (χ1n) is 9.04. The molecule has 0 aliphatic carbocycles. The second kappa shape index (κ2) is 8.23. The van der Waals surface area contributed by atoms with Gasteiger partial charge in [0.2, 0.25) is 0 Å². The first kappa shape index (κ1) is 20.5. The maximum Gasteiger partial charge on any atom is 0.413 e. The molecule has 0 spiro atoms. The summed E-state index contributed by atoms with van der Waals surface area (Å²) in [7, 11) is 0. The van der Waals surface area contributed by atoms with Crippen LogP contribution in [0.15, 0.2) is 42.0 Å². The number of benzene rings is 1. The molecule has 2 rings (SSSR count). The Balaban J connectivity index is 1.98. The lowest BCUT2D eigenvalue weighted by atomic mass is 10.1. The third-order valence-corrected chi connectivity index (χ3v) is 4.03. The average molecular weight is 361 g/mol. The van der Waals surface area contributed by atoms with Crippen molar-refractivity contribution in [3.63, 3.8) is 0 Å². The van der Waals surface area contributed by atoms with Crippen LogP contribution in [0.5, 0.6) is 0 Å². The van der Waals surface area contributed by atoms with E-state index in [1.807, 2.05) is 78.0 Å². The minimum atomic E-state index is -0.700. The van der Waals surface area contributed by atoms with Crippen molar-refractivity contribution in [2.75, 3.05) is 13.2 Å². The summed E-state index contributed by atoms with van der Waals surface area (Å²) >= 11 is 0. The van der Waals surface area contributed by atoms with Gasteiger partial charge in [-0.05, 0) is 52.7 Å². The Kier molecular flexibility index (Phi) is 6.48. The van der Waals surface area contributed by atoms with E-state index in [4.69, 9.17) is 14.2 Å². The third kappa shape index (κ3) is 5.85. The summed E-state index contributed by atoms with van der Waals surface area (Å²) in [5.41, 5.74) is 0.953. The van der Waals surface area contributed by atoms with Gasteiger partial charge in [0.15, 0.2) is 0 Å². The molecule has 1 aliphatic heterocycles. The van der Waals surface area contributed by atoms with Crippen molar-refractivity contribution < 1.29 is 19.0 Å². The molecule has 0 saturated carbocycles. The topological polar surface area (TPSA) is 48.0 Å². The Morgan fingerprint density at radius 2 is 1.96 bits per heavy atom. The second-order valence-corrected chi connectivity index (χ2v) is 8.17. The molecule has 0 aromatic heterocycles. The van der Waals surface area contributed by atoms with Crippen LogP contribution in [0.2, 0.25) is 0 Å². The Morgan fingerprint density at radius 3 is 2.58 bits per heavy atom. The van der Waals surface area contributed by atoms with Crippen LogP contribution in [0, 0.1) is 0 Å². The number of carbonyl (C=O) groups excluding carboxylic acids is 1. The van der Waals surface area contributed by atoms with Crippen molar-refractivity contribution in [2.45, 2.75) is 65.5 Å². The first-order chi connectivity index (χ1) is 12.1. The van der Waals surface area contributed by atoms with Crippen molar-refractivity contribution in [3.05, 3.63) is 47.5 Å². The lowest BCUT2D eigenvalue weighted by molar-refractivity contribution is -0.0610. The standard InChI is InChI=1S/C21H31NO4/c1-16(13-24-14-17-10-8-7-9-11-17)12-18-15-25-21(5,6)22(18)19(23)26-20(2,3)4/h7-12,18H,13-15H2,1-6H3/t18-/m0/s1. The second-order valence-electron chi connectivity index (χ2n) is 8.17. The molecule has 5 heteroatoms. The molecule has 1 heterocycles. The predicted octanol–water partition coefficient (Wildman–Crippen LogP) is 4.52. The Morgan fingerprint density at radius 1 is 1.31 bits per heavy atom. The number of amides is 1. The number of hydrogen-bond acceptors (Lipinski definition) is 4. The quantitative estimate of drug-likeness (QED) is 0.724. The van der Waals surface area contributed by atoms with E-state index in [0.717, 1.165) is 11.1 Å². The maximum absolute atomic E-state index is 12.6. The summed E-state index contributed by atoms with van der Waals surface area (Å²) in [4.78, 5) is 14.3. The zero-order valence-corrected chi connectivity index (χ0v) is 16.7. The molecule has 0 unspecified atom stereocenters. The van der Waals surface area contributed by atoms with Gasteiger partial charge in [0, 0.05) is 0 Å². The lowest BCUT2D eigenvalue weighted by Crippen LogP contribution is -2.49. The van der Waals surface area contributed by atoms with E-state index in [0.29, 0.717) is 19.8 Å². The fourth-order valence-corrected chi connectivity index (χ4v) is 2.90. The molecule has 1 aliphatic rings. The highest BCUT2D eigenvalue weighted by Gasteiger charge is 2.44. The van der Waals surface area contributed by atoms with Gasteiger partial charge in [0.25, 0.3) is 0 Å². The summed E-state index contributed by atoms with van der Waals surface area (Å²) in [6, 6.07) is 9.89. The largest absolute Gasteiger partial charge is 0.444 e. The van der Waals surface area contributed by atoms with Gasteiger partial charge in [-0.1, -0.05) is 36.4 Å². The molecule has 1 aromatic carbocycles. The highest BCUT2D eigenvalue weighted by molar-refractivity contribution is 5.70. The smallest absolute Gasteiger partial charge is 0.413 e. The number of rotatable bonds is 5. The van der Waals surface area contributed by atoms with Gasteiger partial charge in [-0.15, -0.1) is 0 Å². The lowest BCUT2D eigenvalue weighted by Gasteiger charge is -2.34. The molecule has 0 N–H and O–H groups in total. The molecule has 0 bridgehead atoms. The van der Waals surface area contributed by atoms with Crippen LogP contribution in [0.1, 0.15) is 47.1 Å². The van der Waals surface area contributed by atoms with E-state index in [1.54, 1.807) is 4.90 Å². The van der Waals surface area contributed by atoms with Crippen LogP contribution in [0.25, 0.3) is 0 Å². The molecular weight excluding hydrogens is 330 g/mol. The Bertz CT molecular complexity index is 631. The molecular formula is C21H31NO4. The van der Waals surface area contributed by atoms with Crippen LogP contribution in [-0.4, -0.2) is 41.6 Å². The molecule has 144 valence electrons. The average Bonchev–Trinajstić information content (AvgIpc) is 2.81. The molecule has 1 saturated heterocycles. The first-order valence-corrected chi connectivity index (χ1v) is 9.04. The maximum atomic E-state index is 12.6. The number of hydrogen-bond donors (Lipinski definition) is 0. The summed E-state index contributed by atoms with van der Waals surface area (Å²) in [6.45, 7) is 12.9. The van der Waals surface area contributed by atoms with Gasteiger partial charge >= 0.3 is 6.09 Å². The predicted molar refractivity (Wildman–Crippen MR) is 102 cm³/mol. The summed E-state index contributed by atoms with van der Waals surface area (Å²) < 4.78 is 17.1. The van der Waals surface area contributed by atoms with Crippen molar-refractivity contribution in [2.24, 2.45) is 0 Å². The van der Waals surface area contributed by atoms with Gasteiger partial charge in [-0.25, -0.2) is 4.79 Å². The van der Waals surface area contributed by atoms with Crippen LogP contribution in [0.3, 0.4) is 0 Å². The van der Waals surface area contributed by atoms with E-state index in [9.17, 15) is 4.79 Å². The van der Waals surface area contributed by atoms with E-state index >= 15 is 0 Å². The van der Waals surface area contributed by atoms with Gasteiger partial charge in [0.05, 0.1) is 25.9 Å². The van der Waals surface area contributed by atoms with Gasteiger partial charge in [-0.3, -0.25) is 4.90 Å². The summed E-state index contributed by atoms with van der Waals surface area (Å²) in [5.74, 6) is 0. The van der Waals surface area contributed by atoms with Gasteiger partial charge < -0.3 is 14.2 Å². The van der Waals surface area contributed by atoms with E-state index in [1.165, 1.54) is 0 Å². The Hall–Kier alpha value is -1.85. The minimum Gasteiger partial charge on any atom is -0.444 e. The summed E-state index contributed by atoms with van der Waals surface area (Å²) in [5, 5.41) is 0. The number of ether oxygens (including phenoxy) is 3. The van der Waals surface area contributed by atoms with Crippen molar-refractivity contribution in [3.8, 4) is 0 Å². The summed E-state index contributed by atoms with van der Waals surface area (Å²) in [6.07, 6.45) is 1.67. The van der Waals surface area contributed by atoms with Crippen LogP contribution in [-0.2, 0) is 20.8 Å². The van der Waals surface area contributed by atoms with Crippen molar-refractivity contribution in [1.29, 1.82) is 0 Å². The van der Waals surface area contributed by atoms with Gasteiger partial charge in [-0.2, -0.15) is 0 Å². The molecule has 5 nitrogen and oxygen atoms in total. The van der Waals surface area contributed by atoms with Crippen LogP contribution < -0.4 is 0 Å². The minimum absolute atomic E-state index is 0.167. The third-order valence-electron chi connectivity index (χ3n) is 4.03. The molecule has 1 amide bonds. The van der Waals surface area contributed by atoms with E-state index in [2.05, 4.69) is 0 Å². The zero-order valence-electron chi connectivity index (χ0n) is 16.7. The zero-order chi connectivity index (χ0) is 19.4.